The van der Waals surface area contributed by atoms with Crippen LogP contribution in [-0.4, -0.2) is 26.0 Å². The molecule has 0 atom stereocenters. The summed E-state index contributed by atoms with van der Waals surface area (Å²) >= 11 is 0. The molecule has 0 spiro atoms. The molecule has 0 bridgehead atoms. The predicted molar refractivity (Wildman–Crippen MR) is 131 cm³/mol. The number of pyridine rings is 1. The summed E-state index contributed by atoms with van der Waals surface area (Å²) in [4.78, 5) is 38.1. The van der Waals surface area contributed by atoms with Crippen molar-refractivity contribution in [3.05, 3.63) is 98.6 Å². The van der Waals surface area contributed by atoms with Gasteiger partial charge in [-0.1, -0.05) is 47.5 Å². The second kappa shape index (κ2) is 9.35. The van der Waals surface area contributed by atoms with Gasteiger partial charge in [0.2, 0.25) is 5.91 Å². The lowest BCUT2D eigenvalue weighted by Gasteiger charge is -2.12. The number of nitrogens with one attached hydrogen (secondary N) is 2. The molecular formula is C26H27N5O3. The molecule has 0 saturated heterocycles. The number of hydrogen-bond donors (Lipinski definition) is 2. The van der Waals surface area contributed by atoms with Crippen molar-refractivity contribution in [1.82, 2.24) is 19.5 Å². The van der Waals surface area contributed by atoms with Crippen molar-refractivity contribution in [2.75, 3.05) is 5.32 Å². The highest BCUT2D eigenvalue weighted by molar-refractivity contribution is 5.94. The standard InChI is InChI=1S/C26H27N5O3/c1-16-5-7-20(8-6-16)13-27-25(33)21-9-10-22-29-31(26(34)30(22)14-21)15-23(32)28-24-18(3)11-17(2)12-19(24)4/h5-12,14H,13,15H2,1-4H3,(H,27,33)(H,28,32). The van der Waals surface area contributed by atoms with E-state index < -0.39 is 5.69 Å². The van der Waals surface area contributed by atoms with Gasteiger partial charge in [0.15, 0.2) is 5.65 Å². The average molecular weight is 458 g/mol. The summed E-state index contributed by atoms with van der Waals surface area (Å²) in [7, 11) is 0. The van der Waals surface area contributed by atoms with Crippen LogP contribution in [0.2, 0.25) is 0 Å². The van der Waals surface area contributed by atoms with E-state index in [-0.39, 0.29) is 18.4 Å². The van der Waals surface area contributed by atoms with Crippen molar-refractivity contribution >= 4 is 23.1 Å². The van der Waals surface area contributed by atoms with E-state index in [1.807, 2.05) is 64.1 Å². The molecule has 174 valence electrons. The number of aromatic nitrogens is 3. The van der Waals surface area contributed by atoms with Crippen LogP contribution in [0.1, 0.15) is 38.2 Å². The number of amides is 2. The highest BCUT2D eigenvalue weighted by Gasteiger charge is 2.15. The Morgan fingerprint density at radius 2 is 1.59 bits per heavy atom. The normalized spacial score (nSPS) is 10.9. The summed E-state index contributed by atoms with van der Waals surface area (Å²) < 4.78 is 2.37. The van der Waals surface area contributed by atoms with E-state index in [0.29, 0.717) is 17.8 Å². The van der Waals surface area contributed by atoms with Crippen LogP contribution in [0.3, 0.4) is 0 Å². The van der Waals surface area contributed by atoms with Crippen LogP contribution >= 0.6 is 0 Å². The second-order valence-corrected chi connectivity index (χ2v) is 8.58. The van der Waals surface area contributed by atoms with Crippen molar-refractivity contribution in [1.29, 1.82) is 0 Å². The van der Waals surface area contributed by atoms with E-state index in [1.54, 1.807) is 12.1 Å². The van der Waals surface area contributed by atoms with Crippen molar-refractivity contribution < 1.29 is 9.59 Å². The van der Waals surface area contributed by atoms with Crippen LogP contribution in [0.4, 0.5) is 5.69 Å². The van der Waals surface area contributed by atoms with Gasteiger partial charge in [-0.25, -0.2) is 13.9 Å². The predicted octanol–water partition coefficient (Wildman–Crippen LogP) is 3.30. The molecule has 0 unspecified atom stereocenters. The fourth-order valence-corrected chi connectivity index (χ4v) is 3.94. The molecule has 2 aromatic heterocycles. The summed E-state index contributed by atoms with van der Waals surface area (Å²) in [6.45, 7) is 8.00. The molecule has 0 radical (unpaired) electrons. The summed E-state index contributed by atoms with van der Waals surface area (Å²) in [6, 6.07) is 15.1. The third kappa shape index (κ3) is 4.91. The zero-order valence-electron chi connectivity index (χ0n) is 19.7. The van der Waals surface area contributed by atoms with Crippen LogP contribution in [0, 0.1) is 27.7 Å². The molecule has 0 aliphatic rings. The van der Waals surface area contributed by atoms with Gasteiger partial charge in [-0.05, 0) is 56.5 Å². The number of aryl methyl sites for hydroxylation is 4. The number of carbonyl (C=O) groups excluding carboxylic acids is 2. The smallest absolute Gasteiger partial charge is 0.348 e. The zero-order chi connectivity index (χ0) is 24.4. The Balaban J connectivity index is 1.48. The Labute approximate surface area is 197 Å². The molecule has 8 nitrogen and oxygen atoms in total. The van der Waals surface area contributed by atoms with Gasteiger partial charge in [-0.3, -0.25) is 9.59 Å². The Morgan fingerprint density at radius 1 is 0.912 bits per heavy atom. The van der Waals surface area contributed by atoms with Gasteiger partial charge in [0.1, 0.15) is 6.54 Å². The van der Waals surface area contributed by atoms with Crippen LogP contribution in [0.5, 0.6) is 0 Å². The van der Waals surface area contributed by atoms with Crippen molar-refractivity contribution in [2.45, 2.75) is 40.8 Å². The molecule has 8 heteroatoms. The van der Waals surface area contributed by atoms with E-state index in [1.165, 1.54) is 10.6 Å². The molecule has 0 aliphatic heterocycles. The largest absolute Gasteiger partial charge is 0.350 e. The molecule has 34 heavy (non-hydrogen) atoms. The van der Waals surface area contributed by atoms with Crippen LogP contribution in [0.25, 0.3) is 5.65 Å². The Hall–Kier alpha value is -4.20. The minimum Gasteiger partial charge on any atom is -0.348 e. The maximum absolute atomic E-state index is 12.8. The third-order valence-electron chi connectivity index (χ3n) is 5.65. The molecule has 2 heterocycles. The fraction of sp³-hybridized carbons (Fsp3) is 0.231. The average Bonchev–Trinajstić information content (AvgIpc) is 3.10. The molecule has 2 N–H and O–H groups in total. The first-order chi connectivity index (χ1) is 16.2. The van der Waals surface area contributed by atoms with Gasteiger partial charge in [0, 0.05) is 18.4 Å². The minimum atomic E-state index is -0.490. The summed E-state index contributed by atoms with van der Waals surface area (Å²) in [5.41, 5.74) is 6.08. The van der Waals surface area contributed by atoms with Gasteiger partial charge in [-0.2, -0.15) is 0 Å². The van der Waals surface area contributed by atoms with Crippen molar-refractivity contribution in [3.8, 4) is 0 Å². The molecule has 0 fully saturated rings. The Bertz CT molecular complexity index is 1420. The maximum Gasteiger partial charge on any atom is 0.350 e. The number of hydrogen-bond acceptors (Lipinski definition) is 4. The van der Waals surface area contributed by atoms with E-state index in [9.17, 15) is 14.4 Å². The Morgan fingerprint density at radius 3 is 2.26 bits per heavy atom. The van der Waals surface area contributed by atoms with Crippen molar-refractivity contribution in [3.63, 3.8) is 0 Å². The highest BCUT2D eigenvalue weighted by atomic mass is 16.2. The van der Waals surface area contributed by atoms with E-state index in [2.05, 4.69) is 15.7 Å². The van der Waals surface area contributed by atoms with E-state index >= 15 is 0 Å². The zero-order valence-corrected chi connectivity index (χ0v) is 19.7. The lowest BCUT2D eigenvalue weighted by molar-refractivity contribution is -0.117. The SMILES string of the molecule is Cc1ccc(CNC(=O)c2ccc3nn(CC(=O)Nc4c(C)cc(C)cc4C)c(=O)n3c2)cc1. The first-order valence-electron chi connectivity index (χ1n) is 11.0. The third-order valence-corrected chi connectivity index (χ3v) is 5.65. The molecule has 2 aromatic carbocycles. The number of benzene rings is 2. The molecule has 0 aliphatic carbocycles. The van der Waals surface area contributed by atoms with Gasteiger partial charge in [0.25, 0.3) is 5.91 Å². The van der Waals surface area contributed by atoms with Crippen molar-refractivity contribution in [2.24, 2.45) is 0 Å². The summed E-state index contributed by atoms with van der Waals surface area (Å²) in [5, 5.41) is 9.96. The number of rotatable bonds is 6. The minimum absolute atomic E-state index is 0.234. The van der Waals surface area contributed by atoms with E-state index in [0.717, 1.165) is 38.2 Å². The lowest BCUT2D eigenvalue weighted by atomic mass is 10.1. The number of anilines is 1. The first kappa shape index (κ1) is 23.0. The highest BCUT2D eigenvalue weighted by Crippen LogP contribution is 2.21. The van der Waals surface area contributed by atoms with Crippen LogP contribution < -0.4 is 16.3 Å². The quantitative estimate of drug-likeness (QED) is 0.464. The Kier molecular flexibility index (Phi) is 6.32. The number of carbonyl (C=O) groups is 2. The van der Waals surface area contributed by atoms with Gasteiger partial charge in [-0.15, -0.1) is 5.10 Å². The maximum atomic E-state index is 12.8. The monoisotopic (exact) mass is 457 g/mol. The van der Waals surface area contributed by atoms with Crippen LogP contribution in [-0.2, 0) is 17.9 Å². The van der Waals surface area contributed by atoms with E-state index in [4.69, 9.17) is 0 Å². The molecule has 4 rings (SSSR count). The lowest BCUT2D eigenvalue weighted by Crippen LogP contribution is -2.29. The number of nitrogens with zero attached hydrogens (tertiary/aromatic N) is 3. The molecular weight excluding hydrogens is 430 g/mol. The first-order valence-corrected chi connectivity index (χ1v) is 11.0. The van der Waals surface area contributed by atoms with Crippen LogP contribution in [0.15, 0.2) is 59.5 Å². The summed E-state index contributed by atoms with van der Waals surface area (Å²) in [6.07, 6.45) is 1.44. The van der Waals surface area contributed by atoms with Gasteiger partial charge < -0.3 is 10.6 Å². The number of fused-ring (bicyclic) bond motifs is 1. The fourth-order valence-electron chi connectivity index (χ4n) is 3.94. The molecule has 2 amide bonds. The summed E-state index contributed by atoms with van der Waals surface area (Å²) in [5.74, 6) is -0.651. The topological polar surface area (TPSA) is 97.5 Å². The second-order valence-electron chi connectivity index (χ2n) is 8.58. The molecule has 4 aromatic rings. The van der Waals surface area contributed by atoms with Gasteiger partial charge in [0.05, 0.1) is 5.56 Å². The van der Waals surface area contributed by atoms with Gasteiger partial charge >= 0.3 is 5.69 Å². The molecule has 0 saturated carbocycles.